The molecule has 184 valence electrons. The van der Waals surface area contributed by atoms with Gasteiger partial charge in [0.15, 0.2) is 0 Å². The van der Waals surface area contributed by atoms with Crippen molar-refractivity contribution in [3.8, 4) is 22.6 Å². The number of benzene rings is 3. The van der Waals surface area contributed by atoms with Crippen LogP contribution in [0.4, 0.5) is 0 Å². The van der Waals surface area contributed by atoms with E-state index in [9.17, 15) is 9.59 Å². The number of fused-ring (bicyclic) bond motifs is 1. The Morgan fingerprint density at radius 1 is 0.889 bits per heavy atom. The summed E-state index contributed by atoms with van der Waals surface area (Å²) in [5, 5.41) is 13.0. The molecule has 4 aromatic rings. The van der Waals surface area contributed by atoms with Gasteiger partial charge in [0, 0.05) is 23.4 Å². The van der Waals surface area contributed by atoms with Gasteiger partial charge in [0.2, 0.25) is 5.91 Å². The highest BCUT2D eigenvalue weighted by molar-refractivity contribution is 5.88. The zero-order valence-corrected chi connectivity index (χ0v) is 19.7. The van der Waals surface area contributed by atoms with Crippen molar-refractivity contribution >= 4 is 22.8 Å². The molecule has 0 aliphatic heterocycles. The van der Waals surface area contributed by atoms with Gasteiger partial charge in [-0.25, -0.2) is 4.79 Å². The molecule has 1 amide bonds. The second-order valence-corrected chi connectivity index (χ2v) is 8.84. The third-order valence-electron chi connectivity index (χ3n) is 6.21. The Kier molecular flexibility index (Phi) is 6.89. The van der Waals surface area contributed by atoms with Crippen molar-refractivity contribution in [2.45, 2.75) is 19.3 Å². The number of carboxylic acids is 1. The van der Waals surface area contributed by atoms with Crippen LogP contribution in [0.15, 0.2) is 77.4 Å². The molecule has 1 aliphatic rings. The Bertz CT molecular complexity index is 1350. The van der Waals surface area contributed by atoms with Gasteiger partial charge in [-0.1, -0.05) is 24.3 Å². The first kappa shape index (κ1) is 23.5. The number of hydrogen-bond acceptors (Lipinski definition) is 5. The fourth-order valence-electron chi connectivity index (χ4n) is 4.02. The van der Waals surface area contributed by atoms with Crippen LogP contribution in [-0.4, -0.2) is 36.7 Å². The van der Waals surface area contributed by atoms with E-state index in [1.54, 1.807) is 30.5 Å². The van der Waals surface area contributed by atoms with Gasteiger partial charge in [0.25, 0.3) is 0 Å². The Morgan fingerprint density at radius 3 is 2.19 bits per heavy atom. The summed E-state index contributed by atoms with van der Waals surface area (Å²) in [5.41, 5.74) is 4.01. The third kappa shape index (κ3) is 5.68. The second kappa shape index (κ2) is 10.6. The van der Waals surface area contributed by atoms with Crippen molar-refractivity contribution in [2.75, 3.05) is 19.8 Å². The van der Waals surface area contributed by atoms with Gasteiger partial charge in [-0.15, -0.1) is 0 Å². The molecule has 7 heteroatoms. The second-order valence-electron chi connectivity index (χ2n) is 8.84. The van der Waals surface area contributed by atoms with Crippen LogP contribution in [0, 0.1) is 5.92 Å². The van der Waals surface area contributed by atoms with Gasteiger partial charge in [-0.05, 0) is 72.9 Å². The van der Waals surface area contributed by atoms with Gasteiger partial charge in [0.1, 0.15) is 30.3 Å². The van der Waals surface area contributed by atoms with E-state index in [0.717, 1.165) is 52.0 Å². The lowest BCUT2D eigenvalue weighted by molar-refractivity contribution is -0.122. The van der Waals surface area contributed by atoms with Crippen LogP contribution in [0.25, 0.3) is 22.1 Å². The van der Waals surface area contributed by atoms with E-state index in [2.05, 4.69) is 5.32 Å². The minimum Gasteiger partial charge on any atom is -0.490 e. The highest BCUT2D eigenvalue weighted by Crippen LogP contribution is 2.29. The third-order valence-corrected chi connectivity index (χ3v) is 6.21. The minimum absolute atomic E-state index is 0.149. The predicted molar refractivity (Wildman–Crippen MR) is 135 cm³/mol. The zero-order chi connectivity index (χ0) is 24.9. The van der Waals surface area contributed by atoms with Gasteiger partial charge in [-0.2, -0.15) is 0 Å². The normalized spacial score (nSPS) is 12.9. The summed E-state index contributed by atoms with van der Waals surface area (Å²) < 4.78 is 17.3. The van der Waals surface area contributed by atoms with E-state index in [1.807, 2.05) is 42.5 Å². The van der Waals surface area contributed by atoms with Crippen LogP contribution < -0.4 is 14.8 Å². The SMILES string of the molecule is O=C(O)c1ccc(-c2ccc(OCCOc3ccc4occ(CCNC(=O)C5CC5)c4c3)cc2)cc1. The molecule has 1 heterocycles. The molecule has 1 fully saturated rings. The lowest BCUT2D eigenvalue weighted by Crippen LogP contribution is -2.26. The first-order valence-electron chi connectivity index (χ1n) is 12.0. The number of aromatic carboxylic acids is 1. The molecule has 3 aromatic carbocycles. The quantitative estimate of drug-likeness (QED) is 0.279. The molecule has 0 unspecified atom stereocenters. The number of nitrogens with one attached hydrogen (secondary N) is 1. The number of furan rings is 1. The van der Waals surface area contributed by atoms with Crippen LogP contribution in [-0.2, 0) is 11.2 Å². The standard InChI is InChI=1S/C29H27NO6/c31-28(21-3-4-21)30-14-13-23-18-36-27-12-11-25(17-26(23)27)35-16-15-34-24-9-7-20(8-10-24)19-1-5-22(6-2-19)29(32)33/h1-2,5-12,17-18,21H,3-4,13-16H2,(H,30,31)(H,32,33). The van der Waals surface area contributed by atoms with Crippen LogP contribution in [0.5, 0.6) is 11.5 Å². The fraction of sp³-hybridized carbons (Fsp3) is 0.241. The van der Waals surface area contributed by atoms with Gasteiger partial charge >= 0.3 is 5.97 Å². The Morgan fingerprint density at radius 2 is 1.53 bits per heavy atom. The first-order valence-corrected chi connectivity index (χ1v) is 12.0. The van der Waals surface area contributed by atoms with E-state index in [0.29, 0.717) is 26.2 Å². The zero-order valence-electron chi connectivity index (χ0n) is 19.7. The molecule has 1 aliphatic carbocycles. The lowest BCUT2D eigenvalue weighted by Gasteiger charge is -2.10. The van der Waals surface area contributed by atoms with Crippen LogP contribution in [0.3, 0.4) is 0 Å². The van der Waals surface area contributed by atoms with E-state index >= 15 is 0 Å². The molecule has 5 rings (SSSR count). The largest absolute Gasteiger partial charge is 0.490 e. The van der Waals surface area contributed by atoms with E-state index < -0.39 is 5.97 Å². The summed E-state index contributed by atoms with van der Waals surface area (Å²) in [5.74, 6) is 0.882. The van der Waals surface area contributed by atoms with Crippen molar-refractivity contribution < 1.29 is 28.6 Å². The maximum Gasteiger partial charge on any atom is 0.335 e. The average molecular weight is 486 g/mol. The number of carbonyl (C=O) groups excluding carboxylic acids is 1. The van der Waals surface area contributed by atoms with Crippen molar-refractivity contribution in [3.63, 3.8) is 0 Å². The summed E-state index contributed by atoms with van der Waals surface area (Å²) >= 11 is 0. The summed E-state index contributed by atoms with van der Waals surface area (Å²) in [6.45, 7) is 1.36. The molecule has 0 saturated heterocycles. The number of rotatable bonds is 11. The number of hydrogen-bond donors (Lipinski definition) is 2. The molecule has 2 N–H and O–H groups in total. The highest BCUT2D eigenvalue weighted by Gasteiger charge is 2.29. The molecule has 0 spiro atoms. The Hall–Kier alpha value is -4.26. The van der Waals surface area contributed by atoms with E-state index in [-0.39, 0.29) is 17.4 Å². The molecule has 0 atom stereocenters. The molecule has 36 heavy (non-hydrogen) atoms. The summed E-state index contributed by atoms with van der Waals surface area (Å²) in [6, 6.07) is 20.1. The van der Waals surface area contributed by atoms with Crippen molar-refractivity contribution in [1.29, 1.82) is 0 Å². The van der Waals surface area contributed by atoms with E-state index in [4.69, 9.17) is 19.0 Å². The molecular weight excluding hydrogens is 458 g/mol. The van der Waals surface area contributed by atoms with Gasteiger partial charge in [-0.3, -0.25) is 4.79 Å². The van der Waals surface area contributed by atoms with Crippen LogP contribution in [0.2, 0.25) is 0 Å². The van der Waals surface area contributed by atoms with Gasteiger partial charge < -0.3 is 24.3 Å². The van der Waals surface area contributed by atoms with E-state index in [1.165, 1.54) is 0 Å². The number of carbonyl (C=O) groups is 2. The Balaban J connectivity index is 1.10. The predicted octanol–water partition coefficient (Wildman–Crippen LogP) is 5.32. The fourth-order valence-corrected chi connectivity index (χ4v) is 4.02. The van der Waals surface area contributed by atoms with Crippen LogP contribution in [0.1, 0.15) is 28.8 Å². The number of carboxylic acid groups (broad SMARTS) is 1. The lowest BCUT2D eigenvalue weighted by atomic mass is 10.0. The summed E-state index contributed by atoms with van der Waals surface area (Å²) in [6.07, 6.45) is 4.45. The summed E-state index contributed by atoms with van der Waals surface area (Å²) in [4.78, 5) is 22.8. The molecule has 1 aromatic heterocycles. The van der Waals surface area contributed by atoms with Gasteiger partial charge in [0.05, 0.1) is 11.8 Å². The molecule has 0 radical (unpaired) electrons. The Labute approximate surface area is 208 Å². The highest BCUT2D eigenvalue weighted by atomic mass is 16.5. The number of ether oxygens (including phenoxy) is 2. The monoisotopic (exact) mass is 485 g/mol. The van der Waals surface area contributed by atoms with Crippen molar-refractivity contribution in [1.82, 2.24) is 5.32 Å². The minimum atomic E-state index is -0.938. The smallest absolute Gasteiger partial charge is 0.335 e. The molecule has 1 saturated carbocycles. The number of amides is 1. The van der Waals surface area contributed by atoms with Crippen LogP contribution >= 0.6 is 0 Å². The maximum absolute atomic E-state index is 11.8. The molecule has 7 nitrogen and oxygen atoms in total. The molecular formula is C29H27NO6. The van der Waals surface area contributed by atoms with Crippen molar-refractivity contribution in [2.24, 2.45) is 5.92 Å². The summed E-state index contributed by atoms with van der Waals surface area (Å²) in [7, 11) is 0. The first-order chi connectivity index (χ1) is 17.6. The molecule has 0 bridgehead atoms. The van der Waals surface area contributed by atoms with Crippen molar-refractivity contribution in [3.05, 3.63) is 84.1 Å². The topological polar surface area (TPSA) is 98.0 Å². The maximum atomic E-state index is 11.8. The average Bonchev–Trinajstić information content (AvgIpc) is 3.68.